The van der Waals surface area contributed by atoms with Crippen molar-refractivity contribution in [3.8, 4) is 0 Å². The Hall–Kier alpha value is -1.94. The summed E-state index contributed by atoms with van der Waals surface area (Å²) in [5.74, 6) is -2.07. The quantitative estimate of drug-likeness (QED) is 0.655. The second-order valence-electron chi connectivity index (χ2n) is 4.35. The maximum atomic E-state index is 12.3. The van der Waals surface area contributed by atoms with E-state index in [1.165, 1.54) is 26.2 Å². The van der Waals surface area contributed by atoms with Crippen molar-refractivity contribution < 1.29 is 27.6 Å². The Morgan fingerprint density at radius 2 is 2.19 bits per heavy atom. The van der Waals surface area contributed by atoms with Gasteiger partial charge in [-0.25, -0.2) is 8.42 Å². The van der Waals surface area contributed by atoms with Gasteiger partial charge in [0, 0.05) is 26.1 Å². The van der Waals surface area contributed by atoms with Gasteiger partial charge < -0.3 is 14.9 Å². The third-order valence-electron chi connectivity index (χ3n) is 2.67. The lowest BCUT2D eigenvalue weighted by Crippen LogP contribution is -2.47. The van der Waals surface area contributed by atoms with E-state index < -0.39 is 27.8 Å². The van der Waals surface area contributed by atoms with Crippen LogP contribution in [0.2, 0.25) is 0 Å². The van der Waals surface area contributed by atoms with Crippen molar-refractivity contribution in [1.82, 2.24) is 14.8 Å². The highest BCUT2D eigenvalue weighted by Crippen LogP contribution is 2.13. The largest absolute Gasteiger partial charge is 0.480 e. The molecular weight excluding hydrogens is 302 g/mol. The zero-order chi connectivity index (χ0) is 16.0. The number of sulfonamides is 1. The first-order valence-corrected chi connectivity index (χ1v) is 7.71. The molecule has 0 aromatic carbocycles. The second-order valence-corrected chi connectivity index (χ2v) is 6.28. The summed E-state index contributed by atoms with van der Waals surface area (Å²) in [6, 6.07) is 0.130. The van der Waals surface area contributed by atoms with Crippen LogP contribution in [-0.2, 0) is 25.4 Å². The zero-order valence-corrected chi connectivity index (χ0v) is 12.5. The molecular formula is C11H17N3O6S. The number of carbonyl (C=O) groups excluding carboxylic acids is 1. The SMILES string of the molecule is CC(=O)NCCN(C(C)C(=O)O)S(=O)(=O)Cc1ccon1. The minimum Gasteiger partial charge on any atom is -0.480 e. The molecule has 1 atom stereocenters. The lowest BCUT2D eigenvalue weighted by Gasteiger charge is -2.25. The van der Waals surface area contributed by atoms with Crippen LogP contribution in [0.3, 0.4) is 0 Å². The predicted molar refractivity (Wildman–Crippen MR) is 71.6 cm³/mol. The zero-order valence-electron chi connectivity index (χ0n) is 11.6. The second kappa shape index (κ2) is 7.18. The standard InChI is InChI=1S/C11H17N3O6S/c1-8(11(16)17)14(5-4-12-9(2)15)21(18,19)7-10-3-6-20-13-10/h3,6,8H,4-5,7H2,1-2H3,(H,12,15)(H,16,17). The van der Waals surface area contributed by atoms with Gasteiger partial charge in [0.05, 0.1) is 5.69 Å². The van der Waals surface area contributed by atoms with Crippen molar-refractivity contribution in [3.05, 3.63) is 18.0 Å². The number of nitrogens with zero attached hydrogens (tertiary/aromatic N) is 2. The van der Waals surface area contributed by atoms with Gasteiger partial charge in [0.2, 0.25) is 15.9 Å². The molecule has 1 aromatic heterocycles. The molecule has 1 rings (SSSR count). The van der Waals surface area contributed by atoms with Gasteiger partial charge in [0.15, 0.2) is 0 Å². The van der Waals surface area contributed by atoms with Gasteiger partial charge in [-0.3, -0.25) is 9.59 Å². The summed E-state index contributed by atoms with van der Waals surface area (Å²) in [4.78, 5) is 21.9. The monoisotopic (exact) mass is 319 g/mol. The molecule has 1 aromatic rings. The van der Waals surface area contributed by atoms with E-state index in [1.807, 2.05) is 0 Å². The number of carbonyl (C=O) groups is 2. The van der Waals surface area contributed by atoms with E-state index in [2.05, 4.69) is 15.0 Å². The number of aromatic nitrogens is 1. The van der Waals surface area contributed by atoms with Crippen LogP contribution in [0.1, 0.15) is 19.5 Å². The van der Waals surface area contributed by atoms with Crippen LogP contribution in [0.4, 0.5) is 0 Å². The van der Waals surface area contributed by atoms with Crippen molar-refractivity contribution in [3.63, 3.8) is 0 Å². The number of nitrogens with one attached hydrogen (secondary N) is 1. The Bertz CT molecular complexity index is 583. The van der Waals surface area contributed by atoms with Crippen LogP contribution < -0.4 is 5.32 Å². The van der Waals surface area contributed by atoms with Crippen LogP contribution in [0.5, 0.6) is 0 Å². The van der Waals surface area contributed by atoms with Crippen molar-refractivity contribution in [2.24, 2.45) is 0 Å². The maximum absolute atomic E-state index is 12.3. The fourth-order valence-corrected chi connectivity index (χ4v) is 3.25. The number of aliphatic carboxylic acids is 1. The fraction of sp³-hybridized carbons (Fsp3) is 0.545. The van der Waals surface area contributed by atoms with E-state index in [1.54, 1.807) is 0 Å². The summed E-state index contributed by atoms with van der Waals surface area (Å²) in [5.41, 5.74) is 0.178. The van der Waals surface area contributed by atoms with Gasteiger partial charge in [0.1, 0.15) is 18.1 Å². The molecule has 10 heteroatoms. The van der Waals surface area contributed by atoms with Gasteiger partial charge >= 0.3 is 5.97 Å². The molecule has 0 radical (unpaired) electrons. The highest BCUT2D eigenvalue weighted by atomic mass is 32.2. The molecule has 2 N–H and O–H groups in total. The minimum atomic E-state index is -3.91. The molecule has 0 aliphatic rings. The van der Waals surface area contributed by atoms with Gasteiger partial charge in [-0.15, -0.1) is 0 Å². The summed E-state index contributed by atoms with van der Waals surface area (Å²) in [5, 5.41) is 14.9. The molecule has 1 unspecified atom stereocenters. The lowest BCUT2D eigenvalue weighted by molar-refractivity contribution is -0.140. The first-order valence-electron chi connectivity index (χ1n) is 6.10. The van der Waals surface area contributed by atoms with E-state index in [0.717, 1.165) is 4.31 Å². The van der Waals surface area contributed by atoms with Crippen LogP contribution in [0.15, 0.2) is 16.9 Å². The molecule has 0 fully saturated rings. The molecule has 0 bridgehead atoms. The van der Waals surface area contributed by atoms with Crippen molar-refractivity contribution >= 4 is 21.9 Å². The summed E-state index contributed by atoms with van der Waals surface area (Å²) in [7, 11) is -3.91. The minimum absolute atomic E-state index is 0.0188. The molecule has 9 nitrogen and oxygen atoms in total. The van der Waals surface area contributed by atoms with Crippen molar-refractivity contribution in [2.75, 3.05) is 13.1 Å². The van der Waals surface area contributed by atoms with Crippen LogP contribution in [-0.4, -0.2) is 54.0 Å². The lowest BCUT2D eigenvalue weighted by atomic mass is 10.3. The first-order chi connectivity index (χ1) is 9.74. The molecule has 0 spiro atoms. The summed E-state index contributed by atoms with van der Waals surface area (Å²) < 4.78 is 29.9. The third-order valence-corrected chi connectivity index (χ3v) is 4.55. The van der Waals surface area contributed by atoms with Crippen LogP contribution >= 0.6 is 0 Å². The summed E-state index contributed by atoms with van der Waals surface area (Å²) >= 11 is 0. The number of carboxylic acid groups (broad SMARTS) is 1. The Labute approximate surface area is 122 Å². The topological polar surface area (TPSA) is 130 Å². The number of carboxylic acids is 1. The van der Waals surface area contributed by atoms with E-state index >= 15 is 0 Å². The van der Waals surface area contributed by atoms with Crippen LogP contribution in [0.25, 0.3) is 0 Å². The first kappa shape index (κ1) is 17.1. The molecule has 0 aliphatic carbocycles. The number of amides is 1. The highest BCUT2D eigenvalue weighted by Gasteiger charge is 2.32. The van der Waals surface area contributed by atoms with Gasteiger partial charge in [0.25, 0.3) is 0 Å². The average molecular weight is 319 g/mol. The summed E-state index contributed by atoms with van der Waals surface area (Å²) in [6.45, 7) is 2.42. The van der Waals surface area contributed by atoms with E-state index in [9.17, 15) is 18.0 Å². The van der Waals surface area contributed by atoms with E-state index in [4.69, 9.17) is 5.11 Å². The Balaban J connectivity index is 2.87. The van der Waals surface area contributed by atoms with Gasteiger partial charge in [-0.2, -0.15) is 4.31 Å². The number of rotatable bonds is 8. The Morgan fingerprint density at radius 3 is 2.67 bits per heavy atom. The number of hydrogen-bond acceptors (Lipinski definition) is 6. The van der Waals surface area contributed by atoms with Gasteiger partial charge in [-0.1, -0.05) is 5.16 Å². The molecule has 1 amide bonds. The summed E-state index contributed by atoms with van der Waals surface area (Å²) in [6.07, 6.45) is 1.23. The smallest absolute Gasteiger partial charge is 0.321 e. The number of hydrogen-bond donors (Lipinski definition) is 2. The molecule has 0 saturated carbocycles. The molecule has 1 heterocycles. The Morgan fingerprint density at radius 1 is 1.52 bits per heavy atom. The van der Waals surface area contributed by atoms with E-state index in [0.29, 0.717) is 0 Å². The van der Waals surface area contributed by atoms with E-state index in [-0.39, 0.29) is 24.7 Å². The molecule has 21 heavy (non-hydrogen) atoms. The highest BCUT2D eigenvalue weighted by molar-refractivity contribution is 7.88. The normalized spacial score (nSPS) is 13.1. The van der Waals surface area contributed by atoms with Crippen LogP contribution in [0, 0.1) is 0 Å². The molecule has 0 aliphatic heterocycles. The fourth-order valence-electron chi connectivity index (χ4n) is 1.62. The van der Waals surface area contributed by atoms with Crippen molar-refractivity contribution in [1.29, 1.82) is 0 Å². The third kappa shape index (κ3) is 5.16. The molecule has 0 saturated heterocycles. The van der Waals surface area contributed by atoms with Gasteiger partial charge in [-0.05, 0) is 6.92 Å². The maximum Gasteiger partial charge on any atom is 0.321 e. The average Bonchev–Trinajstić information content (AvgIpc) is 2.85. The van der Waals surface area contributed by atoms with Crippen molar-refractivity contribution in [2.45, 2.75) is 25.6 Å². The predicted octanol–water partition coefficient (Wildman–Crippen LogP) is -0.584. The Kier molecular flexibility index (Phi) is 5.85. The molecule has 118 valence electrons.